The molecule has 1 fully saturated rings. The molecular weight excluding hydrogens is 362 g/mol. The maximum atomic E-state index is 10.9. The van der Waals surface area contributed by atoms with Crippen molar-refractivity contribution < 1.29 is 9.90 Å². The van der Waals surface area contributed by atoms with Crippen molar-refractivity contribution in [3.8, 4) is 0 Å². The standard InChI is InChI=1S/C16H14ClN5O2S/c17-16-20-13(19-10-3-1-9(2-4-10)15(23)24)12-14(21-16)22(8-18-12)11-5-6-25-7-11/h1-4,8,11H,5-7H2,(H,23,24)(H,19,20,21). The highest BCUT2D eigenvalue weighted by atomic mass is 35.5. The molecule has 1 unspecified atom stereocenters. The second kappa shape index (κ2) is 6.53. The van der Waals surface area contributed by atoms with Crippen LogP contribution in [0.2, 0.25) is 5.28 Å². The molecule has 3 heterocycles. The normalized spacial score (nSPS) is 17.1. The van der Waals surface area contributed by atoms with E-state index in [9.17, 15) is 4.79 Å². The molecule has 0 aliphatic carbocycles. The van der Waals surface area contributed by atoms with Gasteiger partial charge in [-0.3, -0.25) is 0 Å². The molecule has 1 aliphatic rings. The quantitative estimate of drug-likeness (QED) is 0.673. The first-order valence-corrected chi connectivity index (χ1v) is 9.23. The van der Waals surface area contributed by atoms with Gasteiger partial charge in [-0.15, -0.1) is 0 Å². The number of rotatable bonds is 4. The molecule has 0 saturated carbocycles. The summed E-state index contributed by atoms with van der Waals surface area (Å²) >= 11 is 8.02. The Morgan fingerprint density at radius 3 is 2.80 bits per heavy atom. The topological polar surface area (TPSA) is 92.9 Å². The van der Waals surface area contributed by atoms with Gasteiger partial charge in [0.25, 0.3) is 0 Å². The van der Waals surface area contributed by atoms with Crippen molar-refractivity contribution in [1.29, 1.82) is 0 Å². The first-order valence-electron chi connectivity index (χ1n) is 7.70. The van der Waals surface area contributed by atoms with Crippen LogP contribution in [-0.4, -0.2) is 42.1 Å². The number of hydrogen-bond donors (Lipinski definition) is 2. The van der Waals surface area contributed by atoms with Gasteiger partial charge in [-0.05, 0) is 48.0 Å². The number of aromatic nitrogens is 4. The van der Waals surface area contributed by atoms with E-state index in [-0.39, 0.29) is 10.8 Å². The minimum atomic E-state index is -0.966. The molecule has 0 spiro atoms. The van der Waals surface area contributed by atoms with Crippen LogP contribution in [0.4, 0.5) is 11.5 Å². The van der Waals surface area contributed by atoms with Gasteiger partial charge in [-0.2, -0.15) is 21.7 Å². The lowest BCUT2D eigenvalue weighted by Gasteiger charge is -2.11. The summed E-state index contributed by atoms with van der Waals surface area (Å²) in [5.74, 6) is 1.70. The van der Waals surface area contributed by atoms with Crippen LogP contribution in [0.1, 0.15) is 22.8 Å². The maximum absolute atomic E-state index is 10.9. The number of nitrogens with zero attached hydrogens (tertiary/aromatic N) is 4. The molecule has 7 nitrogen and oxygen atoms in total. The van der Waals surface area contributed by atoms with Crippen molar-refractivity contribution in [2.45, 2.75) is 12.5 Å². The minimum Gasteiger partial charge on any atom is -0.478 e. The summed E-state index contributed by atoms with van der Waals surface area (Å²) in [6, 6.07) is 6.77. The summed E-state index contributed by atoms with van der Waals surface area (Å²) in [5.41, 5.74) is 2.27. The molecule has 0 radical (unpaired) electrons. The van der Waals surface area contributed by atoms with Crippen LogP contribution in [0.3, 0.4) is 0 Å². The lowest BCUT2D eigenvalue weighted by atomic mass is 10.2. The highest BCUT2D eigenvalue weighted by Gasteiger charge is 2.22. The number of hydrogen-bond acceptors (Lipinski definition) is 6. The second-order valence-corrected chi connectivity index (χ2v) is 7.18. The third-order valence-electron chi connectivity index (χ3n) is 4.09. The summed E-state index contributed by atoms with van der Waals surface area (Å²) in [4.78, 5) is 24.0. The Morgan fingerprint density at radius 1 is 1.32 bits per heavy atom. The molecule has 2 N–H and O–H groups in total. The average molecular weight is 376 g/mol. The van der Waals surface area contributed by atoms with Crippen molar-refractivity contribution in [2.75, 3.05) is 16.8 Å². The van der Waals surface area contributed by atoms with Crippen LogP contribution >= 0.6 is 23.4 Å². The van der Waals surface area contributed by atoms with Crippen molar-refractivity contribution in [3.63, 3.8) is 0 Å². The van der Waals surface area contributed by atoms with E-state index >= 15 is 0 Å². The zero-order valence-corrected chi connectivity index (χ0v) is 14.6. The number of benzene rings is 1. The summed E-state index contributed by atoms with van der Waals surface area (Å²) < 4.78 is 2.06. The van der Waals surface area contributed by atoms with E-state index < -0.39 is 5.97 Å². The van der Waals surface area contributed by atoms with Gasteiger partial charge < -0.3 is 15.0 Å². The molecular formula is C16H14ClN5O2S. The Labute approximate surface area is 152 Å². The molecule has 9 heteroatoms. The zero-order valence-electron chi connectivity index (χ0n) is 13.0. The van der Waals surface area contributed by atoms with E-state index in [0.717, 1.165) is 17.9 Å². The number of anilines is 2. The smallest absolute Gasteiger partial charge is 0.335 e. The number of thioether (sulfide) groups is 1. The van der Waals surface area contributed by atoms with Crippen LogP contribution in [0.25, 0.3) is 11.2 Å². The fourth-order valence-corrected chi connectivity index (χ4v) is 4.19. The Balaban J connectivity index is 1.70. The number of carboxylic acid groups (broad SMARTS) is 1. The van der Waals surface area contributed by atoms with Gasteiger partial charge in [0.15, 0.2) is 17.0 Å². The van der Waals surface area contributed by atoms with E-state index in [2.05, 4.69) is 24.8 Å². The molecule has 0 amide bonds. The van der Waals surface area contributed by atoms with Gasteiger partial charge in [0.05, 0.1) is 11.9 Å². The van der Waals surface area contributed by atoms with Crippen LogP contribution < -0.4 is 5.32 Å². The molecule has 1 aliphatic heterocycles. The Bertz CT molecular complexity index is 938. The van der Waals surface area contributed by atoms with Gasteiger partial charge in [0.1, 0.15) is 0 Å². The van der Waals surface area contributed by atoms with E-state index in [4.69, 9.17) is 16.7 Å². The van der Waals surface area contributed by atoms with Crippen LogP contribution in [0, 0.1) is 0 Å². The van der Waals surface area contributed by atoms with Crippen molar-refractivity contribution in [3.05, 3.63) is 41.4 Å². The van der Waals surface area contributed by atoms with E-state index in [1.165, 1.54) is 12.1 Å². The summed E-state index contributed by atoms with van der Waals surface area (Å²) in [7, 11) is 0. The number of fused-ring (bicyclic) bond motifs is 1. The molecule has 2 aromatic heterocycles. The predicted octanol–water partition coefficient (Wildman–Crippen LogP) is 3.60. The first-order chi connectivity index (χ1) is 12.1. The van der Waals surface area contributed by atoms with Crippen LogP contribution in [0.15, 0.2) is 30.6 Å². The van der Waals surface area contributed by atoms with E-state index in [1.807, 2.05) is 11.8 Å². The van der Waals surface area contributed by atoms with Crippen LogP contribution in [0.5, 0.6) is 0 Å². The molecule has 1 atom stereocenters. The molecule has 1 saturated heterocycles. The highest BCUT2D eigenvalue weighted by Crippen LogP contribution is 2.32. The first kappa shape index (κ1) is 16.2. The fourth-order valence-electron chi connectivity index (χ4n) is 2.82. The van der Waals surface area contributed by atoms with Gasteiger partial charge in [-0.1, -0.05) is 0 Å². The van der Waals surface area contributed by atoms with Gasteiger partial charge in [-0.25, -0.2) is 9.78 Å². The number of aromatic carboxylic acids is 1. The Hall–Kier alpha value is -2.32. The maximum Gasteiger partial charge on any atom is 0.335 e. The third kappa shape index (κ3) is 3.14. The molecule has 0 bridgehead atoms. The molecule has 3 aromatic rings. The number of nitrogens with one attached hydrogen (secondary N) is 1. The molecule has 128 valence electrons. The van der Waals surface area contributed by atoms with Crippen LogP contribution in [-0.2, 0) is 0 Å². The zero-order chi connectivity index (χ0) is 17.4. The largest absolute Gasteiger partial charge is 0.478 e. The Morgan fingerprint density at radius 2 is 2.12 bits per heavy atom. The third-order valence-corrected chi connectivity index (χ3v) is 5.40. The van der Waals surface area contributed by atoms with Gasteiger partial charge in [0.2, 0.25) is 5.28 Å². The molecule has 25 heavy (non-hydrogen) atoms. The van der Waals surface area contributed by atoms with Gasteiger partial charge in [0, 0.05) is 17.5 Å². The number of carbonyl (C=O) groups is 1. The van der Waals surface area contributed by atoms with Crippen molar-refractivity contribution in [2.24, 2.45) is 0 Å². The average Bonchev–Trinajstić information content (AvgIpc) is 3.24. The number of imidazole rings is 1. The summed E-state index contributed by atoms with van der Waals surface area (Å²) in [6.45, 7) is 0. The van der Waals surface area contributed by atoms with Crippen molar-refractivity contribution in [1.82, 2.24) is 19.5 Å². The lowest BCUT2D eigenvalue weighted by molar-refractivity contribution is 0.0697. The number of carboxylic acids is 1. The predicted molar refractivity (Wildman–Crippen MR) is 98.0 cm³/mol. The summed E-state index contributed by atoms with van der Waals surface area (Å²) in [5, 5.41) is 12.3. The molecule has 1 aromatic carbocycles. The fraction of sp³-hybridized carbons (Fsp3) is 0.250. The second-order valence-electron chi connectivity index (χ2n) is 5.69. The van der Waals surface area contributed by atoms with E-state index in [1.54, 1.807) is 18.5 Å². The minimum absolute atomic E-state index is 0.143. The van der Waals surface area contributed by atoms with Crippen molar-refractivity contribution >= 4 is 52.0 Å². The van der Waals surface area contributed by atoms with Gasteiger partial charge >= 0.3 is 5.97 Å². The number of halogens is 1. The molecule has 4 rings (SSSR count). The Kier molecular flexibility index (Phi) is 4.22. The summed E-state index contributed by atoms with van der Waals surface area (Å²) in [6.07, 6.45) is 2.86. The highest BCUT2D eigenvalue weighted by molar-refractivity contribution is 7.99. The lowest BCUT2D eigenvalue weighted by Crippen LogP contribution is -2.07. The monoisotopic (exact) mass is 375 g/mol. The van der Waals surface area contributed by atoms with E-state index in [0.29, 0.717) is 28.7 Å². The SMILES string of the molecule is O=C(O)c1ccc(Nc2nc(Cl)nc3c2ncn3C2CCSC2)cc1.